The van der Waals surface area contributed by atoms with Crippen LogP contribution in [0.2, 0.25) is 0 Å². The highest BCUT2D eigenvalue weighted by atomic mass is 19.3. The molecule has 1 N–H and O–H groups in total. The van der Waals surface area contributed by atoms with Crippen molar-refractivity contribution in [1.82, 2.24) is 9.97 Å². The second-order valence-electron chi connectivity index (χ2n) is 10.5. The van der Waals surface area contributed by atoms with Crippen molar-refractivity contribution in [2.45, 2.75) is 78.7 Å². The normalized spacial score (nSPS) is 16.5. The van der Waals surface area contributed by atoms with Crippen molar-refractivity contribution < 1.29 is 28.2 Å². The standard InChI is InChI=1S/C28H39F2N3O4/c1-6-8-15-36-25(26(34)35)23-19(3)31-17-21(24(23)33-13-11-27(4,5)12-14-33)22-10-9-20(16-32-22)37-18-28(29,30)7-2/h9-10,16-17,25H,6-8,11-15,18H2,1-5H3,(H,34,35)/t25-/m0/s1. The van der Waals surface area contributed by atoms with Gasteiger partial charge in [-0.05, 0) is 43.7 Å². The first-order valence-corrected chi connectivity index (χ1v) is 13.0. The fourth-order valence-corrected chi connectivity index (χ4v) is 4.33. The number of unbranched alkanes of at least 4 members (excludes halogenated alkanes) is 1. The maximum atomic E-state index is 13.6. The van der Waals surface area contributed by atoms with Crippen LogP contribution in [0.1, 0.15) is 77.2 Å². The van der Waals surface area contributed by atoms with Gasteiger partial charge in [0, 0.05) is 49.1 Å². The number of aliphatic carboxylic acids is 1. The molecule has 1 atom stereocenters. The van der Waals surface area contributed by atoms with Crippen LogP contribution in [-0.4, -0.2) is 53.3 Å². The molecule has 204 valence electrons. The minimum atomic E-state index is -2.91. The molecule has 0 spiro atoms. The molecule has 7 nitrogen and oxygen atoms in total. The summed E-state index contributed by atoms with van der Waals surface area (Å²) >= 11 is 0. The summed E-state index contributed by atoms with van der Waals surface area (Å²) in [6.07, 6.45) is 5.19. The molecule has 0 radical (unpaired) electrons. The maximum absolute atomic E-state index is 13.6. The lowest BCUT2D eigenvalue weighted by Crippen LogP contribution is -2.39. The number of carboxylic acid groups (broad SMARTS) is 1. The van der Waals surface area contributed by atoms with Gasteiger partial charge in [-0.3, -0.25) is 9.97 Å². The highest BCUT2D eigenvalue weighted by Gasteiger charge is 2.34. The smallest absolute Gasteiger partial charge is 0.337 e. The van der Waals surface area contributed by atoms with E-state index in [0.29, 0.717) is 29.1 Å². The van der Waals surface area contributed by atoms with E-state index in [4.69, 9.17) is 9.47 Å². The van der Waals surface area contributed by atoms with E-state index in [9.17, 15) is 18.7 Å². The molecule has 0 unspecified atom stereocenters. The van der Waals surface area contributed by atoms with Gasteiger partial charge in [0.1, 0.15) is 5.75 Å². The fraction of sp³-hybridized carbons (Fsp3) is 0.607. The number of hydrogen-bond acceptors (Lipinski definition) is 6. The van der Waals surface area contributed by atoms with Crippen molar-refractivity contribution in [1.29, 1.82) is 0 Å². The van der Waals surface area contributed by atoms with Gasteiger partial charge in [-0.15, -0.1) is 0 Å². The fourth-order valence-electron chi connectivity index (χ4n) is 4.33. The first kappa shape index (κ1) is 28.8. The number of piperidine rings is 1. The van der Waals surface area contributed by atoms with Crippen LogP contribution in [0.15, 0.2) is 24.5 Å². The van der Waals surface area contributed by atoms with E-state index < -0.39 is 24.6 Å². The predicted octanol–water partition coefficient (Wildman–Crippen LogP) is 6.44. The number of anilines is 1. The number of ether oxygens (including phenoxy) is 2. The highest BCUT2D eigenvalue weighted by molar-refractivity contribution is 5.85. The average Bonchev–Trinajstić information content (AvgIpc) is 2.86. The van der Waals surface area contributed by atoms with Crippen molar-refractivity contribution in [2.24, 2.45) is 5.41 Å². The zero-order chi connectivity index (χ0) is 27.2. The molecule has 0 amide bonds. The quantitative estimate of drug-likeness (QED) is 0.323. The largest absolute Gasteiger partial charge is 0.486 e. The molecule has 0 saturated carbocycles. The number of carbonyl (C=O) groups is 1. The lowest BCUT2D eigenvalue weighted by atomic mass is 9.82. The Morgan fingerprint density at radius 3 is 2.46 bits per heavy atom. The van der Waals surface area contributed by atoms with Crippen LogP contribution in [-0.2, 0) is 9.53 Å². The summed E-state index contributed by atoms with van der Waals surface area (Å²) in [5.41, 5.74) is 3.31. The number of pyridine rings is 2. The Bertz CT molecular complexity index is 1050. The van der Waals surface area contributed by atoms with E-state index in [1.165, 1.54) is 13.1 Å². The molecule has 0 bridgehead atoms. The second kappa shape index (κ2) is 12.2. The Labute approximate surface area is 218 Å². The molecule has 1 aliphatic heterocycles. The van der Waals surface area contributed by atoms with Crippen LogP contribution in [0.4, 0.5) is 14.5 Å². The van der Waals surface area contributed by atoms with Crippen LogP contribution in [0.3, 0.4) is 0 Å². The van der Waals surface area contributed by atoms with Crippen molar-refractivity contribution >= 4 is 11.7 Å². The molecule has 1 aliphatic rings. The third kappa shape index (κ3) is 7.37. The van der Waals surface area contributed by atoms with E-state index in [1.807, 2.05) is 6.92 Å². The Kier molecular flexibility index (Phi) is 9.45. The number of aryl methyl sites for hydroxylation is 1. The van der Waals surface area contributed by atoms with E-state index in [1.54, 1.807) is 25.3 Å². The van der Waals surface area contributed by atoms with Crippen LogP contribution in [0.25, 0.3) is 11.3 Å². The molecule has 2 aromatic rings. The summed E-state index contributed by atoms with van der Waals surface area (Å²) in [6.45, 7) is 10.8. The van der Waals surface area contributed by atoms with Crippen LogP contribution in [0.5, 0.6) is 5.75 Å². The van der Waals surface area contributed by atoms with E-state index in [0.717, 1.165) is 44.5 Å². The zero-order valence-electron chi connectivity index (χ0n) is 22.5. The zero-order valence-corrected chi connectivity index (χ0v) is 22.5. The molecule has 3 heterocycles. The van der Waals surface area contributed by atoms with E-state index >= 15 is 0 Å². The van der Waals surface area contributed by atoms with Crippen molar-refractivity contribution in [2.75, 3.05) is 31.2 Å². The van der Waals surface area contributed by atoms with Gasteiger partial charge in [0.15, 0.2) is 12.7 Å². The van der Waals surface area contributed by atoms with Crippen LogP contribution >= 0.6 is 0 Å². The average molecular weight is 520 g/mol. The summed E-state index contributed by atoms with van der Waals surface area (Å²) in [7, 11) is 0. The number of carboxylic acids is 1. The SMILES string of the molecule is CCCCO[C@H](C(=O)O)c1c(C)ncc(-c2ccc(OCC(F)(F)CC)cn2)c1N1CCC(C)(C)CC1. The Morgan fingerprint density at radius 1 is 1.19 bits per heavy atom. The number of rotatable bonds is 12. The predicted molar refractivity (Wildman–Crippen MR) is 139 cm³/mol. The lowest BCUT2D eigenvalue weighted by molar-refractivity contribution is -0.151. The summed E-state index contributed by atoms with van der Waals surface area (Å²) in [4.78, 5) is 23.6. The number of nitrogens with zero attached hydrogens (tertiary/aromatic N) is 3. The molecular weight excluding hydrogens is 480 g/mol. The van der Waals surface area contributed by atoms with Crippen LogP contribution < -0.4 is 9.64 Å². The van der Waals surface area contributed by atoms with Gasteiger partial charge in [0.2, 0.25) is 0 Å². The third-order valence-electron chi connectivity index (χ3n) is 6.97. The molecular formula is C28H39F2N3O4. The molecule has 1 fully saturated rings. The van der Waals surface area contributed by atoms with Gasteiger partial charge in [-0.2, -0.15) is 0 Å². The van der Waals surface area contributed by atoms with Crippen molar-refractivity contribution in [3.63, 3.8) is 0 Å². The van der Waals surface area contributed by atoms with Crippen molar-refractivity contribution in [3.05, 3.63) is 35.8 Å². The molecule has 1 saturated heterocycles. The minimum absolute atomic E-state index is 0.195. The molecule has 2 aromatic heterocycles. The molecule has 9 heteroatoms. The Morgan fingerprint density at radius 2 is 1.89 bits per heavy atom. The van der Waals surface area contributed by atoms with Gasteiger partial charge >= 0.3 is 5.97 Å². The van der Waals surface area contributed by atoms with Gasteiger partial charge in [0.25, 0.3) is 5.92 Å². The summed E-state index contributed by atoms with van der Waals surface area (Å²) < 4.78 is 38.4. The highest BCUT2D eigenvalue weighted by Crippen LogP contribution is 2.42. The molecule has 37 heavy (non-hydrogen) atoms. The van der Waals surface area contributed by atoms with E-state index in [-0.39, 0.29) is 17.6 Å². The minimum Gasteiger partial charge on any atom is -0.486 e. The number of aromatic nitrogens is 2. The number of halogens is 2. The molecule has 3 rings (SSSR count). The van der Waals surface area contributed by atoms with E-state index in [2.05, 4.69) is 28.7 Å². The molecule has 0 aliphatic carbocycles. The van der Waals surface area contributed by atoms with Gasteiger partial charge < -0.3 is 19.5 Å². The maximum Gasteiger partial charge on any atom is 0.337 e. The number of alkyl halides is 2. The topological polar surface area (TPSA) is 84.8 Å². The lowest BCUT2D eigenvalue weighted by Gasteiger charge is -2.40. The second-order valence-corrected chi connectivity index (χ2v) is 10.5. The number of hydrogen-bond donors (Lipinski definition) is 1. The first-order chi connectivity index (χ1) is 17.5. The summed E-state index contributed by atoms with van der Waals surface area (Å²) in [5, 5.41) is 10.1. The van der Waals surface area contributed by atoms with Gasteiger partial charge in [-0.1, -0.05) is 34.1 Å². The van der Waals surface area contributed by atoms with Crippen LogP contribution in [0, 0.1) is 12.3 Å². The third-order valence-corrected chi connectivity index (χ3v) is 6.97. The summed E-state index contributed by atoms with van der Waals surface area (Å²) in [5.74, 6) is -3.73. The first-order valence-electron chi connectivity index (χ1n) is 13.0. The Hall–Kier alpha value is -2.81. The van der Waals surface area contributed by atoms with Gasteiger partial charge in [-0.25, -0.2) is 13.6 Å². The summed E-state index contributed by atoms with van der Waals surface area (Å²) in [6, 6.07) is 3.30. The monoisotopic (exact) mass is 519 g/mol. The Balaban J connectivity index is 2.05. The molecule has 0 aromatic carbocycles. The van der Waals surface area contributed by atoms with Gasteiger partial charge in [0.05, 0.1) is 17.6 Å². The van der Waals surface area contributed by atoms with Crippen molar-refractivity contribution in [3.8, 4) is 17.0 Å².